The molecule has 0 aromatic carbocycles. The van der Waals surface area contributed by atoms with Crippen molar-refractivity contribution in [2.45, 2.75) is 19.6 Å². The van der Waals surface area contributed by atoms with E-state index in [2.05, 4.69) is 63.5 Å². The normalized spacial score (nSPS) is 11.0. The summed E-state index contributed by atoms with van der Waals surface area (Å²) in [6.45, 7) is 6.94. The van der Waals surface area contributed by atoms with E-state index in [9.17, 15) is 0 Å². The Kier molecular flexibility index (Phi) is 11.1. The molecule has 0 fully saturated rings. The third-order valence-electron chi connectivity index (χ3n) is 2.80. The molecule has 0 spiro atoms. The maximum absolute atomic E-state index is 6.09. The predicted molar refractivity (Wildman–Crippen MR) is 144 cm³/mol. The van der Waals surface area contributed by atoms with Gasteiger partial charge in [0.05, 0.1) is 30.6 Å². The molecule has 4 rings (SSSR count). The standard InChI is InChI=1S/C8H6ClO2P.C8H6IO2P.C3H9ISi/c2*9-12(7-3-1-5-10-7)8-4-2-6-11-8;1-5(2,3)4/h2*1-6H;1-3H3. The first-order valence-electron chi connectivity index (χ1n) is 8.50. The van der Waals surface area contributed by atoms with Crippen LogP contribution in [0.4, 0.5) is 0 Å². The topological polar surface area (TPSA) is 52.6 Å². The average Bonchev–Trinajstić information content (AvgIpc) is 3.48. The van der Waals surface area contributed by atoms with Crippen molar-refractivity contribution in [2.24, 2.45) is 0 Å². The molecule has 0 N–H and O–H groups in total. The van der Waals surface area contributed by atoms with Crippen molar-refractivity contribution in [3.63, 3.8) is 0 Å². The number of furan rings is 4. The minimum absolute atomic E-state index is 0.460. The van der Waals surface area contributed by atoms with Gasteiger partial charge in [0, 0.05) is 0 Å². The van der Waals surface area contributed by atoms with Crippen LogP contribution in [0.25, 0.3) is 0 Å². The van der Waals surface area contributed by atoms with Gasteiger partial charge in [0.1, 0.15) is 34.9 Å². The van der Waals surface area contributed by atoms with Gasteiger partial charge in [-0.15, -0.1) is 21.8 Å². The van der Waals surface area contributed by atoms with E-state index in [1.54, 1.807) is 25.1 Å². The Hall–Kier alpha value is -0.0531. The summed E-state index contributed by atoms with van der Waals surface area (Å²) in [5, 5.41) is 0. The van der Waals surface area contributed by atoms with E-state index in [1.807, 2.05) is 48.5 Å². The van der Waals surface area contributed by atoms with Gasteiger partial charge in [-0.1, -0.05) is 30.9 Å². The van der Waals surface area contributed by atoms with Crippen molar-refractivity contribution >= 4 is 95.5 Å². The second-order valence-corrected chi connectivity index (χ2v) is 27.1. The Morgan fingerprint density at radius 2 is 0.966 bits per heavy atom. The van der Waals surface area contributed by atoms with E-state index < -0.39 is 18.4 Å². The lowest BCUT2D eigenvalue weighted by Gasteiger charge is -2.00. The molecule has 10 heteroatoms. The van der Waals surface area contributed by atoms with E-state index in [4.69, 9.17) is 28.9 Å². The molecule has 156 valence electrons. The van der Waals surface area contributed by atoms with E-state index >= 15 is 0 Å². The van der Waals surface area contributed by atoms with Gasteiger partial charge < -0.3 is 17.7 Å². The van der Waals surface area contributed by atoms with Crippen molar-refractivity contribution in [2.75, 3.05) is 0 Å². The van der Waals surface area contributed by atoms with Gasteiger partial charge in [0.25, 0.3) is 0 Å². The zero-order valence-corrected chi connectivity index (χ0v) is 23.9. The summed E-state index contributed by atoms with van der Waals surface area (Å²) in [6, 6.07) is 15.1. The third-order valence-corrected chi connectivity index (χ3v) is 9.22. The molecule has 0 aliphatic heterocycles. The first kappa shape index (κ1) is 25.2. The highest BCUT2D eigenvalue weighted by Crippen LogP contribution is 2.42. The fourth-order valence-corrected chi connectivity index (χ4v) is 5.88. The molecule has 4 aromatic rings. The molecule has 4 aromatic heterocycles. The molecular formula is C19H21ClI2O4P2Si. The van der Waals surface area contributed by atoms with Crippen molar-refractivity contribution in [3.8, 4) is 0 Å². The van der Waals surface area contributed by atoms with Gasteiger partial charge >= 0.3 is 0 Å². The highest BCUT2D eigenvalue weighted by atomic mass is 127. The second-order valence-electron chi connectivity index (χ2n) is 6.43. The summed E-state index contributed by atoms with van der Waals surface area (Å²) in [4.78, 5) is 0. The van der Waals surface area contributed by atoms with Gasteiger partial charge in [-0.3, -0.25) is 0 Å². The first-order chi connectivity index (χ1) is 13.8. The SMILES string of the molecule is C[Si](C)(C)I.ClP(c1ccco1)c1ccco1.IP(c1ccco1)c1ccco1. The number of hydrogen-bond donors (Lipinski definition) is 0. The van der Waals surface area contributed by atoms with Crippen LogP contribution >= 0.6 is 67.9 Å². The highest BCUT2D eigenvalue weighted by Gasteiger charge is 2.16. The fraction of sp³-hybridized carbons (Fsp3) is 0.158. The molecule has 0 aliphatic carbocycles. The van der Waals surface area contributed by atoms with Crippen LogP contribution in [0.15, 0.2) is 91.3 Å². The monoisotopic (exact) mass is 692 g/mol. The van der Waals surface area contributed by atoms with Crippen molar-refractivity contribution in [3.05, 3.63) is 73.6 Å². The summed E-state index contributed by atoms with van der Waals surface area (Å²) >= 11 is 11.0. The van der Waals surface area contributed by atoms with E-state index in [0.717, 1.165) is 22.0 Å². The maximum atomic E-state index is 6.09. The first-order valence-corrected chi connectivity index (χ1v) is 21.5. The van der Waals surface area contributed by atoms with Crippen LogP contribution in [0.2, 0.25) is 19.6 Å². The van der Waals surface area contributed by atoms with Crippen LogP contribution in [-0.2, 0) is 0 Å². The Labute approximate surface area is 204 Å². The summed E-state index contributed by atoms with van der Waals surface area (Å²) in [6.07, 6.45) is 6.59. The molecule has 0 amide bonds. The van der Waals surface area contributed by atoms with Crippen LogP contribution in [0, 0.1) is 0 Å². The molecule has 4 nitrogen and oxygen atoms in total. The average molecular weight is 693 g/mol. The van der Waals surface area contributed by atoms with E-state index in [1.165, 1.54) is 0 Å². The number of halogens is 3. The Morgan fingerprint density at radius 3 is 1.21 bits per heavy atom. The quantitative estimate of drug-likeness (QED) is 0.0971. The zero-order valence-electron chi connectivity index (χ0n) is 16.1. The molecule has 29 heavy (non-hydrogen) atoms. The Bertz CT molecular complexity index is 748. The lowest BCUT2D eigenvalue weighted by molar-refractivity contribution is 0.594. The maximum Gasteiger partial charge on any atom is 0.148 e. The second kappa shape index (κ2) is 12.7. The van der Waals surface area contributed by atoms with Crippen LogP contribution in [-0.4, -0.2) is 5.57 Å². The Balaban J connectivity index is 0.000000170. The lowest BCUT2D eigenvalue weighted by atomic mass is 10.7. The van der Waals surface area contributed by atoms with E-state index in [0.29, 0.717) is 0 Å². The van der Waals surface area contributed by atoms with Gasteiger partial charge in [-0.05, 0) is 70.6 Å². The third kappa shape index (κ3) is 9.74. The number of rotatable bonds is 4. The summed E-state index contributed by atoms with van der Waals surface area (Å²) in [5.74, 6) is 0. The molecule has 0 aliphatic rings. The van der Waals surface area contributed by atoms with Gasteiger partial charge in [0.2, 0.25) is 0 Å². The largest absolute Gasteiger partial charge is 0.464 e. The molecule has 4 heterocycles. The van der Waals surface area contributed by atoms with Gasteiger partial charge in [-0.25, -0.2) is 0 Å². The molecule has 0 atom stereocenters. The van der Waals surface area contributed by atoms with Crippen molar-refractivity contribution < 1.29 is 17.7 Å². The highest BCUT2D eigenvalue weighted by molar-refractivity contribution is 14.2. The zero-order chi connectivity index (χ0) is 21.3. The minimum Gasteiger partial charge on any atom is -0.464 e. The van der Waals surface area contributed by atoms with E-state index in [-0.39, 0.29) is 0 Å². The molecule has 0 radical (unpaired) electrons. The van der Waals surface area contributed by atoms with Crippen LogP contribution in [0.1, 0.15) is 0 Å². The smallest absolute Gasteiger partial charge is 0.148 e. The molecule has 0 bridgehead atoms. The van der Waals surface area contributed by atoms with Gasteiger partial charge in [0.15, 0.2) is 0 Å². The molecule has 0 saturated carbocycles. The van der Waals surface area contributed by atoms with Crippen molar-refractivity contribution in [1.29, 1.82) is 0 Å². The van der Waals surface area contributed by atoms with Crippen LogP contribution in [0.3, 0.4) is 0 Å². The van der Waals surface area contributed by atoms with Crippen molar-refractivity contribution in [1.82, 2.24) is 0 Å². The fourth-order valence-electron chi connectivity index (χ4n) is 1.74. The molecule has 0 unspecified atom stereocenters. The summed E-state index contributed by atoms with van der Waals surface area (Å²) < 4.78 is 20.9. The van der Waals surface area contributed by atoms with Gasteiger partial charge in [-0.2, -0.15) is 0 Å². The van der Waals surface area contributed by atoms with Crippen LogP contribution in [0.5, 0.6) is 0 Å². The summed E-state index contributed by atoms with van der Waals surface area (Å²) in [5.41, 5.74) is 2.40. The number of hydrogen-bond acceptors (Lipinski definition) is 4. The van der Waals surface area contributed by atoms with Crippen LogP contribution < -0.4 is 22.0 Å². The molecular weight excluding hydrogens is 672 g/mol. The predicted octanol–water partition coefficient (Wildman–Crippen LogP) is 7.37. The Morgan fingerprint density at radius 1 is 0.690 bits per heavy atom. The summed E-state index contributed by atoms with van der Waals surface area (Å²) in [7, 11) is -0.958. The molecule has 0 saturated heterocycles. The minimum atomic E-state index is -0.958. The lowest BCUT2D eigenvalue weighted by Crippen LogP contribution is -2.05.